The Bertz CT molecular complexity index is 813. The van der Waals surface area contributed by atoms with E-state index in [2.05, 4.69) is 6.92 Å². The zero-order valence-corrected chi connectivity index (χ0v) is 19.5. The number of hydrogen-bond acceptors (Lipinski definition) is 2. The van der Waals surface area contributed by atoms with Crippen LogP contribution < -0.4 is 4.74 Å². The van der Waals surface area contributed by atoms with Crippen LogP contribution >= 0.6 is 0 Å². The van der Waals surface area contributed by atoms with Gasteiger partial charge in [0.05, 0.1) is 11.5 Å². The summed E-state index contributed by atoms with van der Waals surface area (Å²) < 4.78 is 57.8. The summed E-state index contributed by atoms with van der Waals surface area (Å²) in [5.74, 6) is 0.886. The zero-order valence-electron chi connectivity index (χ0n) is 19.5. The molecule has 0 aromatic heterocycles. The summed E-state index contributed by atoms with van der Waals surface area (Å²) in [5, 5.41) is 0. The van der Waals surface area contributed by atoms with Gasteiger partial charge in [-0.2, -0.15) is 13.2 Å². The van der Waals surface area contributed by atoms with E-state index in [0.29, 0.717) is 12.0 Å². The molecule has 3 saturated carbocycles. The van der Waals surface area contributed by atoms with E-state index in [1.54, 1.807) is 0 Å². The molecular weight excluding hydrogens is 432 g/mol. The molecular formula is C27H36F4O2. The van der Waals surface area contributed by atoms with Gasteiger partial charge >= 0.3 is 12.1 Å². The molecule has 0 amide bonds. The van der Waals surface area contributed by atoms with Crippen molar-refractivity contribution in [2.75, 3.05) is 0 Å². The monoisotopic (exact) mass is 468 g/mol. The highest BCUT2D eigenvalue weighted by Gasteiger charge is 2.43. The normalized spacial score (nSPS) is 32.8. The smallest absolute Gasteiger partial charge is 0.416 e. The molecule has 6 heteroatoms. The molecule has 4 unspecified atom stereocenters. The molecule has 0 spiro atoms. The van der Waals surface area contributed by atoms with Crippen molar-refractivity contribution < 1.29 is 27.1 Å². The number of ether oxygens (including phenoxy) is 1. The average molecular weight is 469 g/mol. The van der Waals surface area contributed by atoms with Crippen LogP contribution in [-0.2, 0) is 11.0 Å². The molecule has 184 valence electrons. The summed E-state index contributed by atoms with van der Waals surface area (Å²) in [7, 11) is 0. The fourth-order valence-corrected chi connectivity index (χ4v) is 7.02. The summed E-state index contributed by atoms with van der Waals surface area (Å²) in [6, 6.07) is 2.07. The maximum absolute atomic E-state index is 14.2. The van der Waals surface area contributed by atoms with Gasteiger partial charge in [0.2, 0.25) is 0 Å². The molecule has 0 heterocycles. The van der Waals surface area contributed by atoms with E-state index < -0.39 is 29.3 Å². The largest absolute Gasteiger partial charge is 0.423 e. The van der Waals surface area contributed by atoms with E-state index in [0.717, 1.165) is 62.0 Å². The number of carbonyl (C=O) groups is 1. The molecule has 33 heavy (non-hydrogen) atoms. The number of fused-ring (bicyclic) bond motifs is 1. The van der Waals surface area contributed by atoms with E-state index in [1.807, 2.05) is 0 Å². The SMILES string of the molecule is CCCC1CCC(C2CCC3C(CCCC3C(=O)Oc3ccc(C(F)(F)F)cc3F)C2)CC1. The molecule has 0 bridgehead atoms. The standard InChI is InChI=1S/C27H36F4O2/c1-2-4-17-7-9-18(10-8-17)19-11-13-22-20(15-19)5-3-6-23(22)26(32)33-25-14-12-21(16-24(25)28)27(29,30)31/h12,14,16-20,22-23H,2-11,13,15H2,1H3. The number of benzene rings is 1. The summed E-state index contributed by atoms with van der Waals surface area (Å²) in [4.78, 5) is 12.9. The van der Waals surface area contributed by atoms with Gasteiger partial charge in [-0.3, -0.25) is 4.79 Å². The third-order valence-corrected chi connectivity index (χ3v) is 8.72. The predicted molar refractivity (Wildman–Crippen MR) is 119 cm³/mol. The number of carbonyl (C=O) groups excluding carboxylic acids is 1. The van der Waals surface area contributed by atoms with E-state index in [4.69, 9.17) is 4.74 Å². The number of esters is 1. The Morgan fingerprint density at radius 1 is 0.970 bits per heavy atom. The molecule has 0 aliphatic heterocycles. The van der Waals surface area contributed by atoms with Crippen LogP contribution in [0.2, 0.25) is 0 Å². The second kappa shape index (κ2) is 10.4. The third-order valence-electron chi connectivity index (χ3n) is 8.72. The first-order valence-electron chi connectivity index (χ1n) is 12.8. The van der Waals surface area contributed by atoms with Crippen molar-refractivity contribution in [1.82, 2.24) is 0 Å². The third kappa shape index (κ3) is 5.74. The Labute approximate surface area is 194 Å². The molecule has 3 aliphatic rings. The highest BCUT2D eigenvalue weighted by Crippen LogP contribution is 2.50. The lowest BCUT2D eigenvalue weighted by atomic mass is 9.59. The van der Waals surface area contributed by atoms with E-state index in [-0.39, 0.29) is 11.8 Å². The van der Waals surface area contributed by atoms with Gasteiger partial charge in [-0.1, -0.05) is 45.4 Å². The van der Waals surface area contributed by atoms with E-state index in [9.17, 15) is 22.4 Å². The van der Waals surface area contributed by atoms with E-state index in [1.165, 1.54) is 44.9 Å². The van der Waals surface area contributed by atoms with Crippen LogP contribution in [-0.4, -0.2) is 5.97 Å². The number of alkyl halides is 3. The molecule has 4 atom stereocenters. The first-order chi connectivity index (χ1) is 15.8. The minimum absolute atomic E-state index is 0.247. The van der Waals surface area contributed by atoms with Crippen LogP contribution in [0.1, 0.15) is 89.5 Å². The van der Waals surface area contributed by atoms with Crippen molar-refractivity contribution in [3.63, 3.8) is 0 Å². The zero-order chi connectivity index (χ0) is 23.6. The predicted octanol–water partition coefficient (Wildman–Crippen LogP) is 8.19. The Morgan fingerprint density at radius 3 is 2.36 bits per heavy atom. The first kappa shape index (κ1) is 24.5. The lowest BCUT2D eigenvalue weighted by molar-refractivity contribution is -0.144. The van der Waals surface area contributed by atoms with Crippen molar-refractivity contribution in [2.45, 2.75) is 90.1 Å². The average Bonchev–Trinajstić information content (AvgIpc) is 2.79. The fourth-order valence-electron chi connectivity index (χ4n) is 7.02. The summed E-state index contributed by atoms with van der Waals surface area (Å²) >= 11 is 0. The molecule has 0 radical (unpaired) electrons. The van der Waals surface area contributed by atoms with Crippen molar-refractivity contribution in [3.05, 3.63) is 29.6 Å². The van der Waals surface area contributed by atoms with Gasteiger partial charge in [-0.25, -0.2) is 4.39 Å². The first-order valence-corrected chi connectivity index (χ1v) is 12.8. The molecule has 0 N–H and O–H groups in total. The molecule has 0 saturated heterocycles. The summed E-state index contributed by atoms with van der Waals surface area (Å²) in [6.45, 7) is 2.27. The van der Waals surface area contributed by atoms with Crippen molar-refractivity contribution >= 4 is 5.97 Å². The Morgan fingerprint density at radius 2 is 1.70 bits per heavy atom. The Balaban J connectivity index is 1.35. The highest BCUT2D eigenvalue weighted by atomic mass is 19.4. The van der Waals surface area contributed by atoms with Gasteiger partial charge in [-0.05, 0) is 86.3 Å². The van der Waals surface area contributed by atoms with Crippen molar-refractivity contribution in [2.24, 2.45) is 35.5 Å². The lowest BCUT2D eigenvalue weighted by Crippen LogP contribution is -2.40. The molecule has 3 aliphatic carbocycles. The maximum Gasteiger partial charge on any atom is 0.416 e. The molecule has 1 aromatic carbocycles. The van der Waals surface area contributed by atoms with Gasteiger partial charge in [0.1, 0.15) is 0 Å². The second-order valence-corrected chi connectivity index (χ2v) is 10.7. The maximum atomic E-state index is 14.2. The topological polar surface area (TPSA) is 26.3 Å². The van der Waals surface area contributed by atoms with Crippen LogP contribution in [0.4, 0.5) is 17.6 Å². The van der Waals surface area contributed by atoms with Crippen LogP contribution in [0.25, 0.3) is 0 Å². The quantitative estimate of drug-likeness (QED) is 0.247. The van der Waals surface area contributed by atoms with Crippen LogP contribution in [0.15, 0.2) is 18.2 Å². The highest BCUT2D eigenvalue weighted by molar-refractivity contribution is 5.75. The molecule has 4 rings (SSSR count). The number of hydrogen-bond donors (Lipinski definition) is 0. The van der Waals surface area contributed by atoms with Crippen molar-refractivity contribution in [1.29, 1.82) is 0 Å². The van der Waals surface area contributed by atoms with Crippen LogP contribution in [0, 0.1) is 41.3 Å². The minimum Gasteiger partial charge on any atom is -0.423 e. The Kier molecular flexibility index (Phi) is 7.69. The molecule has 2 nitrogen and oxygen atoms in total. The van der Waals surface area contributed by atoms with Crippen LogP contribution in [0.5, 0.6) is 5.75 Å². The van der Waals surface area contributed by atoms with Crippen LogP contribution in [0.3, 0.4) is 0 Å². The lowest BCUT2D eigenvalue weighted by Gasteiger charge is -2.46. The van der Waals surface area contributed by atoms with Gasteiger partial charge < -0.3 is 4.74 Å². The second-order valence-electron chi connectivity index (χ2n) is 10.7. The molecule has 1 aromatic rings. The van der Waals surface area contributed by atoms with Crippen molar-refractivity contribution in [3.8, 4) is 5.75 Å². The Hall–Kier alpha value is -1.59. The molecule has 3 fully saturated rings. The fraction of sp³-hybridized carbons (Fsp3) is 0.741. The number of halogens is 4. The summed E-state index contributed by atoms with van der Waals surface area (Å²) in [6.07, 6.45) is 9.50. The van der Waals surface area contributed by atoms with E-state index >= 15 is 0 Å². The van der Waals surface area contributed by atoms with Gasteiger partial charge in [0.15, 0.2) is 11.6 Å². The van der Waals surface area contributed by atoms with Gasteiger partial charge in [0.25, 0.3) is 0 Å². The summed E-state index contributed by atoms with van der Waals surface area (Å²) in [5.41, 5.74) is -1.08. The minimum atomic E-state index is -4.63. The van der Waals surface area contributed by atoms with Gasteiger partial charge in [-0.15, -0.1) is 0 Å². The number of rotatable bonds is 5. The van der Waals surface area contributed by atoms with Gasteiger partial charge in [0, 0.05) is 0 Å².